The van der Waals surface area contributed by atoms with Gasteiger partial charge in [-0.05, 0) is 43.0 Å². The summed E-state index contributed by atoms with van der Waals surface area (Å²) in [6, 6.07) is 11.5. The normalized spacial score (nSPS) is 16.6. The molecule has 0 bridgehead atoms. The Morgan fingerprint density at radius 3 is 2.79 bits per heavy atom. The van der Waals surface area contributed by atoms with E-state index < -0.39 is 0 Å². The molecule has 1 fully saturated rings. The molecule has 2 aromatic heterocycles. The third kappa shape index (κ3) is 5.84. The maximum atomic E-state index is 13.2. The van der Waals surface area contributed by atoms with Crippen LogP contribution in [-0.4, -0.2) is 59.6 Å². The first kappa shape index (κ1) is 24.0. The fraction of sp³-hybridized carbons (Fsp3) is 0.400. The monoisotopic (exact) mass is 483 g/mol. The summed E-state index contributed by atoms with van der Waals surface area (Å²) in [5.41, 5.74) is 2.63. The topological polar surface area (TPSA) is 85.1 Å². The molecule has 1 saturated heterocycles. The lowest BCUT2D eigenvalue weighted by Crippen LogP contribution is -2.40. The van der Waals surface area contributed by atoms with E-state index in [2.05, 4.69) is 5.16 Å². The SMILES string of the molecule is COc1cccc(CN2CC(OCc3c(C)noc3C)CN(C(=O)Cc3cccs3)CC2=O)c1. The fourth-order valence-corrected chi connectivity index (χ4v) is 4.70. The Balaban J connectivity index is 1.52. The molecule has 1 aliphatic heterocycles. The maximum Gasteiger partial charge on any atom is 0.242 e. The van der Waals surface area contributed by atoms with Gasteiger partial charge in [0, 0.05) is 30.1 Å². The molecule has 1 aromatic carbocycles. The third-order valence-electron chi connectivity index (χ3n) is 5.94. The Bertz CT molecular complexity index is 1110. The molecule has 0 radical (unpaired) electrons. The van der Waals surface area contributed by atoms with E-state index in [0.717, 1.165) is 27.4 Å². The minimum atomic E-state index is -0.349. The molecule has 8 nitrogen and oxygen atoms in total. The second kappa shape index (κ2) is 10.8. The molecule has 0 aliphatic carbocycles. The number of rotatable bonds is 8. The summed E-state index contributed by atoms with van der Waals surface area (Å²) in [5, 5.41) is 5.93. The van der Waals surface area contributed by atoms with Crippen molar-refractivity contribution in [3.8, 4) is 5.75 Å². The molecule has 3 heterocycles. The first-order valence-corrected chi connectivity index (χ1v) is 12.0. The number of nitrogens with zero attached hydrogens (tertiary/aromatic N) is 3. The highest BCUT2D eigenvalue weighted by Crippen LogP contribution is 2.20. The summed E-state index contributed by atoms with van der Waals surface area (Å²) in [6.07, 6.45) is -0.0738. The summed E-state index contributed by atoms with van der Waals surface area (Å²) in [6.45, 7) is 5.18. The summed E-state index contributed by atoms with van der Waals surface area (Å²) >= 11 is 1.54. The van der Waals surface area contributed by atoms with Crippen molar-refractivity contribution < 1.29 is 23.6 Å². The largest absolute Gasteiger partial charge is 0.497 e. The van der Waals surface area contributed by atoms with E-state index in [1.807, 2.05) is 55.6 Å². The fourth-order valence-electron chi connectivity index (χ4n) is 4.00. The van der Waals surface area contributed by atoms with Gasteiger partial charge in [-0.3, -0.25) is 9.59 Å². The number of aryl methyl sites for hydroxylation is 2. The number of hydrogen-bond acceptors (Lipinski definition) is 7. The van der Waals surface area contributed by atoms with Crippen LogP contribution in [0.3, 0.4) is 0 Å². The molecular weight excluding hydrogens is 454 g/mol. The molecule has 4 rings (SSSR count). The lowest BCUT2D eigenvalue weighted by Gasteiger charge is -2.25. The molecular formula is C25H29N3O5S. The van der Waals surface area contributed by atoms with E-state index in [-0.39, 0.29) is 30.9 Å². The van der Waals surface area contributed by atoms with Crippen LogP contribution in [0.15, 0.2) is 46.3 Å². The first-order valence-electron chi connectivity index (χ1n) is 11.2. The molecule has 1 unspecified atom stereocenters. The van der Waals surface area contributed by atoms with E-state index in [1.54, 1.807) is 16.9 Å². The van der Waals surface area contributed by atoms with Crippen LogP contribution in [-0.2, 0) is 33.9 Å². The summed E-state index contributed by atoms with van der Waals surface area (Å²) in [4.78, 5) is 30.6. The highest BCUT2D eigenvalue weighted by atomic mass is 32.1. The number of amides is 2. The van der Waals surface area contributed by atoms with Crippen LogP contribution in [0.5, 0.6) is 5.75 Å². The lowest BCUT2D eigenvalue weighted by molar-refractivity contribution is -0.138. The Labute approximate surface area is 203 Å². The van der Waals surface area contributed by atoms with E-state index in [1.165, 1.54) is 11.3 Å². The number of thiophene rings is 1. The molecule has 9 heteroatoms. The summed E-state index contributed by atoms with van der Waals surface area (Å²) < 4.78 is 16.8. The predicted molar refractivity (Wildman–Crippen MR) is 128 cm³/mol. The summed E-state index contributed by atoms with van der Waals surface area (Å²) in [5.74, 6) is 1.26. The van der Waals surface area contributed by atoms with Gasteiger partial charge in [-0.1, -0.05) is 23.4 Å². The zero-order chi connectivity index (χ0) is 24.1. The van der Waals surface area contributed by atoms with Crippen LogP contribution in [0.2, 0.25) is 0 Å². The molecule has 0 saturated carbocycles. The number of benzene rings is 1. The van der Waals surface area contributed by atoms with Crippen molar-refractivity contribution in [2.75, 3.05) is 26.7 Å². The van der Waals surface area contributed by atoms with Gasteiger partial charge < -0.3 is 23.8 Å². The van der Waals surface area contributed by atoms with E-state index >= 15 is 0 Å². The quantitative estimate of drug-likeness (QED) is 0.489. The van der Waals surface area contributed by atoms with Crippen molar-refractivity contribution in [1.82, 2.24) is 15.0 Å². The maximum absolute atomic E-state index is 13.2. The van der Waals surface area contributed by atoms with Gasteiger partial charge in [0.2, 0.25) is 11.8 Å². The highest BCUT2D eigenvalue weighted by molar-refractivity contribution is 7.10. The average Bonchev–Trinajstić information content (AvgIpc) is 3.41. The second-order valence-electron chi connectivity index (χ2n) is 8.39. The second-order valence-corrected chi connectivity index (χ2v) is 9.42. The van der Waals surface area contributed by atoms with Gasteiger partial charge >= 0.3 is 0 Å². The first-order chi connectivity index (χ1) is 16.4. The van der Waals surface area contributed by atoms with Gasteiger partial charge in [0.05, 0.1) is 38.5 Å². The Hall–Kier alpha value is -3.17. The average molecular weight is 484 g/mol. The number of carbonyl (C=O) groups is 2. The van der Waals surface area contributed by atoms with E-state index in [9.17, 15) is 9.59 Å². The molecule has 34 heavy (non-hydrogen) atoms. The van der Waals surface area contributed by atoms with E-state index in [4.69, 9.17) is 14.0 Å². The smallest absolute Gasteiger partial charge is 0.242 e. The van der Waals surface area contributed by atoms with Crippen LogP contribution in [0.25, 0.3) is 0 Å². The lowest BCUT2D eigenvalue weighted by atomic mass is 10.2. The van der Waals surface area contributed by atoms with Crippen LogP contribution in [0, 0.1) is 13.8 Å². The number of hydrogen-bond donors (Lipinski definition) is 0. The molecule has 180 valence electrons. The van der Waals surface area contributed by atoms with Crippen LogP contribution >= 0.6 is 11.3 Å². The van der Waals surface area contributed by atoms with Gasteiger partial charge in [-0.15, -0.1) is 11.3 Å². The van der Waals surface area contributed by atoms with Crippen LogP contribution in [0.4, 0.5) is 0 Å². The molecule has 1 atom stereocenters. The van der Waals surface area contributed by atoms with Crippen molar-refractivity contribution in [2.45, 2.75) is 39.5 Å². The van der Waals surface area contributed by atoms with E-state index in [0.29, 0.717) is 32.0 Å². The predicted octanol–water partition coefficient (Wildman–Crippen LogP) is 3.36. The molecule has 1 aliphatic rings. The third-order valence-corrected chi connectivity index (χ3v) is 6.81. The number of methoxy groups -OCH3 is 1. The molecule has 0 N–H and O–H groups in total. The Morgan fingerprint density at radius 2 is 2.09 bits per heavy atom. The standard InChI is InChI=1S/C25H29N3O5S/c1-17-23(18(2)33-26-17)16-32-21-13-27(12-19-6-4-7-20(10-19)31-3)25(30)15-28(14-21)24(29)11-22-8-5-9-34-22/h4-10,21H,11-16H2,1-3H3. The number of ether oxygens (including phenoxy) is 2. The van der Waals surface area contributed by atoms with Crippen molar-refractivity contribution >= 4 is 23.2 Å². The molecule has 0 spiro atoms. The van der Waals surface area contributed by atoms with Gasteiger partial charge in [0.1, 0.15) is 11.5 Å². The van der Waals surface area contributed by atoms with Gasteiger partial charge in [-0.25, -0.2) is 0 Å². The Kier molecular flexibility index (Phi) is 7.64. The zero-order valence-electron chi connectivity index (χ0n) is 19.7. The van der Waals surface area contributed by atoms with Crippen molar-refractivity contribution in [3.63, 3.8) is 0 Å². The van der Waals surface area contributed by atoms with Crippen molar-refractivity contribution in [3.05, 3.63) is 69.2 Å². The van der Waals surface area contributed by atoms with Crippen molar-refractivity contribution in [2.24, 2.45) is 0 Å². The number of carbonyl (C=O) groups excluding carboxylic acids is 2. The van der Waals surface area contributed by atoms with Gasteiger partial charge in [0.15, 0.2) is 0 Å². The van der Waals surface area contributed by atoms with Gasteiger partial charge in [0.25, 0.3) is 0 Å². The van der Waals surface area contributed by atoms with Crippen LogP contribution in [0.1, 0.15) is 27.5 Å². The highest BCUT2D eigenvalue weighted by Gasteiger charge is 2.31. The van der Waals surface area contributed by atoms with Crippen LogP contribution < -0.4 is 4.74 Å². The summed E-state index contributed by atoms with van der Waals surface area (Å²) in [7, 11) is 1.62. The minimum Gasteiger partial charge on any atom is -0.497 e. The zero-order valence-corrected chi connectivity index (χ0v) is 20.5. The molecule has 2 amide bonds. The number of aromatic nitrogens is 1. The van der Waals surface area contributed by atoms with Gasteiger partial charge in [-0.2, -0.15) is 0 Å². The minimum absolute atomic E-state index is 0.0271. The molecule has 3 aromatic rings. The Morgan fingerprint density at radius 1 is 1.24 bits per heavy atom. The van der Waals surface area contributed by atoms with Crippen molar-refractivity contribution in [1.29, 1.82) is 0 Å².